The Morgan fingerprint density at radius 3 is 2.62 bits per heavy atom. The van der Waals surface area contributed by atoms with Crippen molar-refractivity contribution in [3.63, 3.8) is 0 Å². The summed E-state index contributed by atoms with van der Waals surface area (Å²) in [5.74, 6) is 0.819. The van der Waals surface area contributed by atoms with Crippen LogP contribution in [-0.4, -0.2) is 13.1 Å². The second-order valence-corrected chi connectivity index (χ2v) is 6.22. The first-order valence-electron chi connectivity index (χ1n) is 8.29. The Morgan fingerprint density at radius 1 is 1.04 bits per heavy atom. The number of nitrogens with one attached hydrogen (secondary N) is 2. The number of carbonyl (C=O) groups is 1. The smallest absolute Gasteiger partial charge is 0.319 e. The van der Waals surface area contributed by atoms with Crippen LogP contribution in [0.3, 0.4) is 0 Å². The molecule has 24 heavy (non-hydrogen) atoms. The number of benzene rings is 2. The number of fused-ring (bicyclic) bond motifs is 2. The molecule has 1 aliphatic heterocycles. The highest BCUT2D eigenvalue weighted by Crippen LogP contribution is 2.38. The molecule has 4 nitrogen and oxygen atoms in total. The monoisotopic (exact) mass is 320 g/mol. The molecular formula is C20H20N2O2. The third kappa shape index (κ3) is 2.54. The van der Waals surface area contributed by atoms with E-state index in [0.29, 0.717) is 0 Å². The SMILES string of the molecule is COc1ccc(C2NC(=O)NC3=C2CCCc2ccccc23)cc1. The molecule has 1 heterocycles. The van der Waals surface area contributed by atoms with Gasteiger partial charge in [0, 0.05) is 5.56 Å². The number of amides is 2. The zero-order chi connectivity index (χ0) is 16.5. The number of hydrogen-bond acceptors (Lipinski definition) is 2. The lowest BCUT2D eigenvalue weighted by atomic mass is 9.91. The molecule has 0 fully saturated rings. The maximum Gasteiger partial charge on any atom is 0.319 e. The topological polar surface area (TPSA) is 50.4 Å². The van der Waals surface area contributed by atoms with Crippen LogP contribution in [0.5, 0.6) is 5.75 Å². The molecule has 1 unspecified atom stereocenters. The van der Waals surface area contributed by atoms with Crippen molar-refractivity contribution in [3.8, 4) is 5.75 Å². The molecule has 0 spiro atoms. The number of ether oxygens (including phenoxy) is 1. The summed E-state index contributed by atoms with van der Waals surface area (Å²) in [5, 5.41) is 6.12. The molecule has 0 bridgehead atoms. The molecule has 1 atom stereocenters. The molecule has 0 saturated heterocycles. The molecule has 0 aromatic heterocycles. The summed E-state index contributed by atoms with van der Waals surface area (Å²) in [7, 11) is 1.66. The van der Waals surface area contributed by atoms with Crippen molar-refractivity contribution < 1.29 is 9.53 Å². The summed E-state index contributed by atoms with van der Waals surface area (Å²) in [5.41, 5.74) is 5.77. The van der Waals surface area contributed by atoms with Crippen LogP contribution in [0, 0.1) is 0 Å². The lowest BCUT2D eigenvalue weighted by molar-refractivity contribution is 0.240. The van der Waals surface area contributed by atoms with Crippen LogP contribution in [0.15, 0.2) is 54.1 Å². The first-order valence-corrected chi connectivity index (χ1v) is 8.29. The van der Waals surface area contributed by atoms with Crippen molar-refractivity contribution in [2.45, 2.75) is 25.3 Å². The molecule has 1 aliphatic carbocycles. The van der Waals surface area contributed by atoms with Crippen LogP contribution in [-0.2, 0) is 6.42 Å². The first-order chi connectivity index (χ1) is 11.8. The summed E-state index contributed by atoms with van der Waals surface area (Å²) in [6, 6.07) is 16.0. The Bertz CT molecular complexity index is 809. The zero-order valence-electron chi connectivity index (χ0n) is 13.6. The van der Waals surface area contributed by atoms with Crippen LogP contribution in [0.2, 0.25) is 0 Å². The van der Waals surface area contributed by atoms with Gasteiger partial charge in [0.1, 0.15) is 5.75 Å². The van der Waals surface area contributed by atoms with Gasteiger partial charge < -0.3 is 15.4 Å². The molecule has 0 radical (unpaired) electrons. The second-order valence-electron chi connectivity index (χ2n) is 6.22. The van der Waals surface area contributed by atoms with Crippen molar-refractivity contribution in [2.24, 2.45) is 0 Å². The third-order valence-electron chi connectivity index (χ3n) is 4.81. The Labute approximate surface area is 141 Å². The van der Waals surface area contributed by atoms with Crippen LogP contribution < -0.4 is 15.4 Å². The Hall–Kier alpha value is -2.75. The van der Waals surface area contributed by atoms with E-state index in [1.165, 1.54) is 11.1 Å². The van der Waals surface area contributed by atoms with Crippen molar-refractivity contribution in [1.29, 1.82) is 0 Å². The highest BCUT2D eigenvalue weighted by Gasteiger charge is 2.30. The van der Waals surface area contributed by atoms with Gasteiger partial charge in [0.05, 0.1) is 18.8 Å². The number of rotatable bonds is 2. The summed E-state index contributed by atoms with van der Waals surface area (Å²) < 4.78 is 5.24. The molecule has 2 N–H and O–H groups in total. The van der Waals surface area contributed by atoms with E-state index in [1.807, 2.05) is 30.3 Å². The van der Waals surface area contributed by atoms with E-state index >= 15 is 0 Å². The van der Waals surface area contributed by atoms with Crippen LogP contribution in [0.4, 0.5) is 4.79 Å². The summed E-state index contributed by atoms with van der Waals surface area (Å²) >= 11 is 0. The van der Waals surface area contributed by atoms with Gasteiger partial charge in [-0.2, -0.15) is 0 Å². The largest absolute Gasteiger partial charge is 0.497 e. The molecular weight excluding hydrogens is 300 g/mol. The number of aryl methyl sites for hydroxylation is 1. The lowest BCUT2D eigenvalue weighted by Gasteiger charge is -2.30. The van der Waals surface area contributed by atoms with E-state index in [1.54, 1.807) is 7.11 Å². The summed E-state index contributed by atoms with van der Waals surface area (Å²) in [6.45, 7) is 0. The van der Waals surface area contributed by atoms with E-state index in [4.69, 9.17) is 4.74 Å². The van der Waals surface area contributed by atoms with Crippen molar-refractivity contribution in [2.75, 3.05) is 7.11 Å². The van der Waals surface area contributed by atoms with Crippen molar-refractivity contribution in [3.05, 3.63) is 70.8 Å². The van der Waals surface area contributed by atoms with E-state index in [2.05, 4.69) is 28.8 Å². The summed E-state index contributed by atoms with van der Waals surface area (Å²) in [6.07, 6.45) is 3.09. The van der Waals surface area contributed by atoms with Crippen LogP contribution in [0.25, 0.3) is 5.70 Å². The Kier molecular flexibility index (Phi) is 3.73. The average molecular weight is 320 g/mol. The zero-order valence-corrected chi connectivity index (χ0v) is 13.6. The summed E-state index contributed by atoms with van der Waals surface area (Å²) in [4.78, 5) is 12.3. The van der Waals surface area contributed by atoms with Crippen LogP contribution >= 0.6 is 0 Å². The Morgan fingerprint density at radius 2 is 1.83 bits per heavy atom. The standard InChI is InChI=1S/C20H20N2O2/c1-24-15-11-9-14(10-12-15)18-17-8-4-6-13-5-2-3-7-16(13)19(17)22-20(23)21-18/h2-3,5,7,9-12,18H,4,6,8H2,1H3,(H2,21,22,23). The van der Waals surface area contributed by atoms with E-state index in [-0.39, 0.29) is 12.1 Å². The second kappa shape index (κ2) is 6.04. The highest BCUT2D eigenvalue weighted by atomic mass is 16.5. The minimum Gasteiger partial charge on any atom is -0.497 e. The fourth-order valence-electron chi connectivity index (χ4n) is 3.63. The minimum absolute atomic E-state index is 0.0918. The molecule has 2 amide bonds. The van der Waals surface area contributed by atoms with Crippen molar-refractivity contribution in [1.82, 2.24) is 10.6 Å². The lowest BCUT2D eigenvalue weighted by Crippen LogP contribution is -2.43. The van der Waals surface area contributed by atoms with Gasteiger partial charge in [-0.1, -0.05) is 36.4 Å². The normalized spacial score (nSPS) is 19.5. The molecule has 0 saturated carbocycles. The average Bonchev–Trinajstić information content (AvgIpc) is 2.81. The van der Waals surface area contributed by atoms with Crippen molar-refractivity contribution >= 4 is 11.7 Å². The molecule has 2 aliphatic rings. The Balaban J connectivity index is 1.82. The first kappa shape index (κ1) is 14.8. The number of methoxy groups -OCH3 is 1. The number of carbonyl (C=O) groups excluding carboxylic acids is 1. The predicted octanol–water partition coefficient (Wildman–Crippen LogP) is 3.80. The number of urea groups is 1. The third-order valence-corrected chi connectivity index (χ3v) is 4.81. The minimum atomic E-state index is -0.147. The van der Waals surface area contributed by atoms with Gasteiger partial charge in [0.15, 0.2) is 0 Å². The van der Waals surface area contributed by atoms with Gasteiger partial charge >= 0.3 is 6.03 Å². The number of hydrogen-bond donors (Lipinski definition) is 2. The van der Waals surface area contributed by atoms with Gasteiger partial charge in [-0.15, -0.1) is 0 Å². The van der Waals surface area contributed by atoms with E-state index in [9.17, 15) is 4.79 Å². The maximum absolute atomic E-state index is 12.3. The molecule has 2 aromatic carbocycles. The molecule has 4 heteroatoms. The predicted molar refractivity (Wildman–Crippen MR) is 93.7 cm³/mol. The quantitative estimate of drug-likeness (QED) is 0.884. The van der Waals surface area contributed by atoms with Gasteiger partial charge in [0.25, 0.3) is 0 Å². The highest BCUT2D eigenvalue weighted by molar-refractivity contribution is 5.91. The molecule has 2 aromatic rings. The molecule has 4 rings (SSSR count). The van der Waals surface area contributed by atoms with Gasteiger partial charge in [-0.25, -0.2) is 4.79 Å². The van der Waals surface area contributed by atoms with Gasteiger partial charge in [-0.05, 0) is 48.1 Å². The molecule has 122 valence electrons. The fourth-order valence-corrected chi connectivity index (χ4v) is 3.63. The van der Waals surface area contributed by atoms with E-state index < -0.39 is 0 Å². The van der Waals surface area contributed by atoms with Gasteiger partial charge in [0.2, 0.25) is 0 Å². The maximum atomic E-state index is 12.3. The van der Waals surface area contributed by atoms with Gasteiger partial charge in [-0.3, -0.25) is 0 Å². The van der Waals surface area contributed by atoms with Crippen LogP contribution in [0.1, 0.15) is 35.6 Å². The van der Waals surface area contributed by atoms with E-state index in [0.717, 1.165) is 41.8 Å². The fraction of sp³-hybridized carbons (Fsp3) is 0.250.